The monoisotopic (exact) mass is 386 g/mol. The molecule has 0 spiro atoms. The van der Waals surface area contributed by atoms with Crippen LogP contribution >= 0.6 is 0 Å². The van der Waals surface area contributed by atoms with Gasteiger partial charge in [0, 0.05) is 44.6 Å². The van der Waals surface area contributed by atoms with Gasteiger partial charge in [-0.25, -0.2) is 4.98 Å². The summed E-state index contributed by atoms with van der Waals surface area (Å²) in [6.07, 6.45) is 1.67. The zero-order chi connectivity index (χ0) is 20.1. The van der Waals surface area contributed by atoms with Gasteiger partial charge in [0.05, 0.1) is 5.56 Å². The Morgan fingerprint density at radius 3 is 2.45 bits per heavy atom. The molecule has 5 nitrogen and oxygen atoms in total. The number of rotatable bonds is 5. The maximum absolute atomic E-state index is 12.8. The van der Waals surface area contributed by atoms with Gasteiger partial charge in [0.25, 0.3) is 5.91 Å². The zero-order valence-electron chi connectivity index (χ0n) is 16.7. The van der Waals surface area contributed by atoms with Gasteiger partial charge >= 0.3 is 0 Å². The minimum atomic E-state index is 0.0513. The number of aryl methyl sites for hydroxylation is 1. The quantitative estimate of drug-likeness (QED) is 0.721. The number of amides is 1. The molecule has 2 heterocycles. The lowest BCUT2D eigenvalue weighted by Crippen LogP contribution is -2.48. The summed E-state index contributed by atoms with van der Waals surface area (Å²) in [5.74, 6) is 0.826. The van der Waals surface area contributed by atoms with E-state index in [1.165, 1.54) is 16.8 Å². The summed E-state index contributed by atoms with van der Waals surface area (Å²) < 4.78 is 0. The number of piperazine rings is 1. The Morgan fingerprint density at radius 2 is 1.76 bits per heavy atom. The van der Waals surface area contributed by atoms with E-state index in [1.54, 1.807) is 6.20 Å². The summed E-state index contributed by atoms with van der Waals surface area (Å²) in [4.78, 5) is 21.5. The first kappa shape index (κ1) is 19.0. The SMILES string of the molecule is Cc1cccc(CNc2ccc(C(=O)N3CCN(c4ccccc4)CC3)cn2)c1. The first-order valence-corrected chi connectivity index (χ1v) is 10.0. The molecular formula is C24H26N4O. The fourth-order valence-electron chi connectivity index (χ4n) is 3.63. The molecule has 1 N–H and O–H groups in total. The lowest BCUT2D eigenvalue weighted by Gasteiger charge is -2.36. The van der Waals surface area contributed by atoms with E-state index in [2.05, 4.69) is 58.5 Å². The Morgan fingerprint density at radius 1 is 0.966 bits per heavy atom. The second kappa shape index (κ2) is 8.78. The molecule has 1 aliphatic rings. The lowest BCUT2D eigenvalue weighted by atomic mass is 10.1. The number of carbonyl (C=O) groups excluding carboxylic acids is 1. The van der Waals surface area contributed by atoms with E-state index in [1.807, 2.05) is 35.2 Å². The highest BCUT2D eigenvalue weighted by Gasteiger charge is 2.22. The predicted octanol–water partition coefficient (Wildman–Crippen LogP) is 3.96. The van der Waals surface area contributed by atoms with Crippen molar-refractivity contribution in [2.75, 3.05) is 36.4 Å². The fraction of sp³-hybridized carbons (Fsp3) is 0.250. The Labute approximate surface area is 172 Å². The van der Waals surface area contributed by atoms with Crippen molar-refractivity contribution in [1.29, 1.82) is 0 Å². The molecule has 1 amide bonds. The van der Waals surface area contributed by atoms with Crippen molar-refractivity contribution in [3.05, 3.63) is 89.6 Å². The van der Waals surface area contributed by atoms with Crippen LogP contribution in [0.1, 0.15) is 21.5 Å². The second-order valence-electron chi connectivity index (χ2n) is 7.39. The average molecular weight is 386 g/mol. The van der Waals surface area contributed by atoms with E-state index in [-0.39, 0.29) is 5.91 Å². The highest BCUT2D eigenvalue weighted by atomic mass is 16.2. The number of anilines is 2. The van der Waals surface area contributed by atoms with Crippen molar-refractivity contribution in [3.8, 4) is 0 Å². The van der Waals surface area contributed by atoms with E-state index >= 15 is 0 Å². The summed E-state index contributed by atoms with van der Waals surface area (Å²) in [5.41, 5.74) is 4.30. The minimum Gasteiger partial charge on any atom is -0.368 e. The number of aromatic nitrogens is 1. The number of benzene rings is 2. The lowest BCUT2D eigenvalue weighted by molar-refractivity contribution is 0.0746. The van der Waals surface area contributed by atoms with Crippen molar-refractivity contribution in [1.82, 2.24) is 9.88 Å². The number of nitrogens with one attached hydrogen (secondary N) is 1. The molecular weight excluding hydrogens is 360 g/mol. The van der Waals surface area contributed by atoms with Gasteiger partial charge in [-0.1, -0.05) is 48.0 Å². The van der Waals surface area contributed by atoms with Crippen LogP contribution < -0.4 is 10.2 Å². The highest BCUT2D eigenvalue weighted by molar-refractivity contribution is 5.94. The van der Waals surface area contributed by atoms with Crippen molar-refractivity contribution in [3.63, 3.8) is 0 Å². The van der Waals surface area contributed by atoms with Crippen molar-refractivity contribution in [2.45, 2.75) is 13.5 Å². The van der Waals surface area contributed by atoms with E-state index < -0.39 is 0 Å². The van der Waals surface area contributed by atoms with Gasteiger partial charge in [-0.3, -0.25) is 4.79 Å². The predicted molar refractivity (Wildman–Crippen MR) is 117 cm³/mol. The van der Waals surface area contributed by atoms with Gasteiger partial charge in [0.15, 0.2) is 0 Å². The number of para-hydroxylation sites is 1. The molecule has 0 aliphatic carbocycles. The molecule has 0 saturated carbocycles. The van der Waals surface area contributed by atoms with Crippen LogP contribution in [0.3, 0.4) is 0 Å². The molecule has 0 bridgehead atoms. The third-order valence-corrected chi connectivity index (χ3v) is 5.25. The molecule has 3 aromatic rings. The molecule has 2 aromatic carbocycles. The smallest absolute Gasteiger partial charge is 0.255 e. The summed E-state index contributed by atoms with van der Waals surface area (Å²) >= 11 is 0. The second-order valence-corrected chi connectivity index (χ2v) is 7.39. The van der Waals surface area contributed by atoms with Gasteiger partial charge < -0.3 is 15.1 Å². The molecule has 148 valence electrons. The highest BCUT2D eigenvalue weighted by Crippen LogP contribution is 2.17. The van der Waals surface area contributed by atoms with Gasteiger partial charge in [0.2, 0.25) is 0 Å². The molecule has 5 heteroatoms. The van der Waals surface area contributed by atoms with E-state index in [9.17, 15) is 4.79 Å². The number of hydrogen-bond acceptors (Lipinski definition) is 4. The van der Waals surface area contributed by atoms with Crippen LogP contribution in [-0.4, -0.2) is 42.0 Å². The number of nitrogens with zero attached hydrogens (tertiary/aromatic N) is 3. The molecule has 0 radical (unpaired) electrons. The molecule has 4 rings (SSSR count). The van der Waals surface area contributed by atoms with Gasteiger partial charge in [-0.05, 0) is 36.8 Å². The first-order chi connectivity index (χ1) is 14.2. The first-order valence-electron chi connectivity index (χ1n) is 10.0. The van der Waals surface area contributed by atoms with Crippen molar-refractivity contribution >= 4 is 17.4 Å². The van der Waals surface area contributed by atoms with Crippen LogP contribution in [-0.2, 0) is 6.54 Å². The van der Waals surface area contributed by atoms with Crippen LogP contribution in [0.2, 0.25) is 0 Å². The third-order valence-electron chi connectivity index (χ3n) is 5.25. The average Bonchev–Trinajstić information content (AvgIpc) is 2.78. The summed E-state index contributed by atoms with van der Waals surface area (Å²) in [6.45, 7) is 5.94. The Hall–Kier alpha value is -3.34. The summed E-state index contributed by atoms with van der Waals surface area (Å²) in [5, 5.41) is 3.32. The van der Waals surface area contributed by atoms with Crippen LogP contribution in [0.5, 0.6) is 0 Å². The maximum Gasteiger partial charge on any atom is 0.255 e. The largest absolute Gasteiger partial charge is 0.368 e. The minimum absolute atomic E-state index is 0.0513. The van der Waals surface area contributed by atoms with E-state index in [4.69, 9.17) is 0 Å². The number of pyridine rings is 1. The van der Waals surface area contributed by atoms with Gasteiger partial charge in [0.1, 0.15) is 5.82 Å². The maximum atomic E-state index is 12.8. The Balaban J connectivity index is 1.31. The molecule has 1 saturated heterocycles. The number of hydrogen-bond donors (Lipinski definition) is 1. The van der Waals surface area contributed by atoms with Crippen LogP contribution in [0.15, 0.2) is 72.9 Å². The van der Waals surface area contributed by atoms with Crippen LogP contribution in [0.4, 0.5) is 11.5 Å². The van der Waals surface area contributed by atoms with Crippen LogP contribution in [0, 0.1) is 6.92 Å². The van der Waals surface area contributed by atoms with E-state index in [0.717, 1.165) is 32.0 Å². The molecule has 29 heavy (non-hydrogen) atoms. The Kier molecular flexibility index (Phi) is 5.75. The molecule has 1 fully saturated rings. The standard InChI is InChI=1S/C24H26N4O/c1-19-6-5-7-20(16-19)17-25-23-11-10-21(18-26-23)24(29)28-14-12-27(13-15-28)22-8-3-2-4-9-22/h2-11,16,18H,12-15,17H2,1H3,(H,25,26). The third kappa shape index (κ3) is 4.74. The summed E-state index contributed by atoms with van der Waals surface area (Å²) in [6, 6.07) is 22.5. The van der Waals surface area contributed by atoms with Crippen LogP contribution in [0.25, 0.3) is 0 Å². The van der Waals surface area contributed by atoms with E-state index in [0.29, 0.717) is 12.1 Å². The zero-order valence-corrected chi connectivity index (χ0v) is 16.7. The molecule has 0 atom stereocenters. The Bertz CT molecular complexity index is 948. The van der Waals surface area contributed by atoms with Crippen molar-refractivity contribution in [2.24, 2.45) is 0 Å². The normalized spacial score (nSPS) is 14.0. The van der Waals surface area contributed by atoms with Gasteiger partial charge in [-0.2, -0.15) is 0 Å². The molecule has 0 unspecified atom stereocenters. The van der Waals surface area contributed by atoms with Gasteiger partial charge in [-0.15, -0.1) is 0 Å². The topological polar surface area (TPSA) is 48.5 Å². The fourth-order valence-corrected chi connectivity index (χ4v) is 3.63. The van der Waals surface area contributed by atoms with Crippen molar-refractivity contribution < 1.29 is 4.79 Å². The molecule has 1 aliphatic heterocycles. The molecule has 1 aromatic heterocycles. The summed E-state index contributed by atoms with van der Waals surface area (Å²) in [7, 11) is 0. The number of carbonyl (C=O) groups is 1.